The predicted octanol–water partition coefficient (Wildman–Crippen LogP) is 3.30. The zero-order valence-electron chi connectivity index (χ0n) is 11.7. The van der Waals surface area contributed by atoms with Crippen molar-refractivity contribution >= 4 is 5.97 Å². The number of hydrogen-bond donors (Lipinski definition) is 0. The van der Waals surface area contributed by atoms with Gasteiger partial charge in [0.1, 0.15) is 5.75 Å². The minimum absolute atomic E-state index is 0.297. The molecule has 0 saturated heterocycles. The maximum absolute atomic E-state index is 11.2. The molecule has 3 heteroatoms. The van der Waals surface area contributed by atoms with Gasteiger partial charge in [-0.3, -0.25) is 0 Å². The van der Waals surface area contributed by atoms with Gasteiger partial charge in [-0.25, -0.2) is 4.79 Å². The summed E-state index contributed by atoms with van der Waals surface area (Å²) >= 11 is 0. The molecule has 102 valence electrons. The fourth-order valence-electron chi connectivity index (χ4n) is 1.56. The molecule has 0 radical (unpaired) electrons. The normalized spacial score (nSPS) is 11.6. The van der Waals surface area contributed by atoms with Crippen molar-refractivity contribution in [1.29, 1.82) is 0 Å². The van der Waals surface area contributed by atoms with Gasteiger partial charge in [0.2, 0.25) is 0 Å². The first-order chi connectivity index (χ1) is 9.15. The summed E-state index contributed by atoms with van der Waals surface area (Å²) in [5, 5.41) is 0. The maximum atomic E-state index is 11.2. The van der Waals surface area contributed by atoms with Gasteiger partial charge in [-0.1, -0.05) is 24.3 Å². The van der Waals surface area contributed by atoms with E-state index in [0.717, 1.165) is 17.7 Å². The van der Waals surface area contributed by atoms with Gasteiger partial charge < -0.3 is 9.47 Å². The van der Waals surface area contributed by atoms with Gasteiger partial charge in [0.05, 0.1) is 13.7 Å². The second-order valence-corrected chi connectivity index (χ2v) is 4.09. The van der Waals surface area contributed by atoms with Crippen molar-refractivity contribution in [3.63, 3.8) is 0 Å². The Morgan fingerprint density at radius 1 is 1.26 bits per heavy atom. The van der Waals surface area contributed by atoms with E-state index < -0.39 is 0 Å². The molecule has 0 heterocycles. The second-order valence-electron chi connectivity index (χ2n) is 4.09. The number of benzene rings is 1. The SMILES string of the molecule is CCOC(=O)/C=C(C)\C=C\Cc1ccc(OC)cc1. The molecule has 0 bridgehead atoms. The van der Waals surface area contributed by atoms with Crippen molar-refractivity contribution in [3.05, 3.63) is 53.6 Å². The quantitative estimate of drug-likeness (QED) is 0.447. The smallest absolute Gasteiger partial charge is 0.330 e. The summed E-state index contributed by atoms with van der Waals surface area (Å²) < 4.78 is 9.94. The van der Waals surface area contributed by atoms with Crippen LogP contribution in [-0.2, 0) is 16.0 Å². The van der Waals surface area contributed by atoms with Crippen molar-refractivity contribution in [2.75, 3.05) is 13.7 Å². The van der Waals surface area contributed by atoms with Crippen LogP contribution in [0.3, 0.4) is 0 Å². The molecule has 0 unspecified atom stereocenters. The average Bonchev–Trinajstić information content (AvgIpc) is 2.39. The van der Waals surface area contributed by atoms with Crippen molar-refractivity contribution in [2.24, 2.45) is 0 Å². The van der Waals surface area contributed by atoms with Crippen LogP contribution in [0.25, 0.3) is 0 Å². The predicted molar refractivity (Wildman–Crippen MR) is 76.2 cm³/mol. The number of hydrogen-bond acceptors (Lipinski definition) is 3. The Labute approximate surface area is 114 Å². The number of carbonyl (C=O) groups is 1. The van der Waals surface area contributed by atoms with Crippen molar-refractivity contribution in [2.45, 2.75) is 20.3 Å². The zero-order chi connectivity index (χ0) is 14.1. The van der Waals surface area contributed by atoms with Gasteiger partial charge in [0.25, 0.3) is 0 Å². The summed E-state index contributed by atoms with van der Waals surface area (Å²) in [6, 6.07) is 7.91. The summed E-state index contributed by atoms with van der Waals surface area (Å²) in [5.74, 6) is 0.556. The molecule has 0 aliphatic carbocycles. The first kappa shape index (κ1) is 15.0. The molecule has 1 aromatic rings. The number of rotatable bonds is 6. The molecule has 0 aromatic heterocycles. The highest BCUT2D eigenvalue weighted by Crippen LogP contribution is 2.12. The molecular formula is C16H20O3. The molecule has 0 aliphatic rings. The van der Waals surface area contributed by atoms with E-state index in [0.29, 0.717) is 6.61 Å². The first-order valence-corrected chi connectivity index (χ1v) is 6.30. The molecule has 1 rings (SSSR count). The highest BCUT2D eigenvalue weighted by Gasteiger charge is 1.95. The van der Waals surface area contributed by atoms with Crippen LogP contribution in [-0.4, -0.2) is 19.7 Å². The van der Waals surface area contributed by atoms with E-state index in [-0.39, 0.29) is 5.97 Å². The lowest BCUT2D eigenvalue weighted by Gasteiger charge is -2.00. The highest BCUT2D eigenvalue weighted by molar-refractivity contribution is 5.83. The Kier molecular flexibility index (Phi) is 6.44. The Morgan fingerprint density at radius 2 is 1.95 bits per heavy atom. The lowest BCUT2D eigenvalue weighted by Crippen LogP contribution is -1.99. The number of methoxy groups -OCH3 is 1. The molecule has 0 saturated carbocycles. The molecule has 0 amide bonds. The third-order valence-electron chi connectivity index (χ3n) is 2.53. The Morgan fingerprint density at radius 3 is 2.53 bits per heavy atom. The van der Waals surface area contributed by atoms with Crippen molar-refractivity contribution in [1.82, 2.24) is 0 Å². The molecule has 19 heavy (non-hydrogen) atoms. The summed E-state index contributed by atoms with van der Waals surface area (Å²) in [6.07, 6.45) is 6.25. The molecule has 0 aliphatic heterocycles. The Bertz CT molecular complexity index is 455. The van der Waals surface area contributed by atoms with E-state index >= 15 is 0 Å². The van der Waals surface area contributed by atoms with Gasteiger partial charge in [0, 0.05) is 6.08 Å². The largest absolute Gasteiger partial charge is 0.497 e. The van der Waals surface area contributed by atoms with E-state index in [2.05, 4.69) is 0 Å². The van der Waals surface area contributed by atoms with Gasteiger partial charge in [-0.15, -0.1) is 0 Å². The van der Waals surface area contributed by atoms with Crippen LogP contribution in [0.4, 0.5) is 0 Å². The third-order valence-corrected chi connectivity index (χ3v) is 2.53. The van der Waals surface area contributed by atoms with E-state index in [4.69, 9.17) is 9.47 Å². The van der Waals surface area contributed by atoms with Crippen LogP contribution in [0.15, 0.2) is 48.1 Å². The number of esters is 1. The minimum atomic E-state index is -0.297. The Hall–Kier alpha value is -2.03. The van der Waals surface area contributed by atoms with Crippen LogP contribution in [0.5, 0.6) is 5.75 Å². The van der Waals surface area contributed by atoms with E-state index in [9.17, 15) is 4.79 Å². The monoisotopic (exact) mass is 260 g/mol. The van der Waals surface area contributed by atoms with Gasteiger partial charge in [0.15, 0.2) is 0 Å². The first-order valence-electron chi connectivity index (χ1n) is 6.30. The topological polar surface area (TPSA) is 35.5 Å². The van der Waals surface area contributed by atoms with Crippen LogP contribution in [0.2, 0.25) is 0 Å². The molecule has 3 nitrogen and oxygen atoms in total. The molecule has 1 aromatic carbocycles. The summed E-state index contributed by atoms with van der Waals surface area (Å²) in [4.78, 5) is 11.2. The fraction of sp³-hybridized carbons (Fsp3) is 0.312. The number of carbonyl (C=O) groups excluding carboxylic acids is 1. The molecule has 0 fully saturated rings. The van der Waals surface area contributed by atoms with Gasteiger partial charge in [-0.2, -0.15) is 0 Å². The van der Waals surface area contributed by atoms with E-state index in [1.807, 2.05) is 43.3 Å². The van der Waals surface area contributed by atoms with Crippen molar-refractivity contribution in [3.8, 4) is 5.75 Å². The van der Waals surface area contributed by atoms with Gasteiger partial charge >= 0.3 is 5.97 Å². The average molecular weight is 260 g/mol. The number of allylic oxidation sites excluding steroid dienone is 3. The molecule has 0 spiro atoms. The standard InChI is InChI=1S/C16H20O3/c1-4-19-16(17)12-13(2)6-5-7-14-8-10-15(18-3)11-9-14/h5-6,8-12H,4,7H2,1-3H3/b6-5+,13-12-. The lowest BCUT2D eigenvalue weighted by atomic mass is 10.1. The fourth-order valence-corrected chi connectivity index (χ4v) is 1.56. The Balaban J connectivity index is 2.50. The third kappa shape index (κ3) is 5.91. The van der Waals surface area contributed by atoms with Crippen LogP contribution < -0.4 is 4.74 Å². The minimum Gasteiger partial charge on any atom is -0.497 e. The van der Waals surface area contributed by atoms with Crippen LogP contribution in [0, 0.1) is 0 Å². The summed E-state index contributed by atoms with van der Waals surface area (Å²) in [7, 11) is 1.65. The van der Waals surface area contributed by atoms with Gasteiger partial charge in [-0.05, 0) is 43.5 Å². The maximum Gasteiger partial charge on any atom is 0.330 e. The van der Waals surface area contributed by atoms with Crippen molar-refractivity contribution < 1.29 is 14.3 Å². The lowest BCUT2D eigenvalue weighted by molar-refractivity contribution is -0.137. The van der Waals surface area contributed by atoms with Crippen LogP contribution >= 0.6 is 0 Å². The highest BCUT2D eigenvalue weighted by atomic mass is 16.5. The second kappa shape index (κ2) is 8.14. The van der Waals surface area contributed by atoms with E-state index in [1.54, 1.807) is 14.0 Å². The summed E-state index contributed by atoms with van der Waals surface area (Å²) in [6.45, 7) is 4.07. The van der Waals surface area contributed by atoms with Crippen LogP contribution in [0.1, 0.15) is 19.4 Å². The van der Waals surface area contributed by atoms with E-state index in [1.165, 1.54) is 11.6 Å². The number of ether oxygens (including phenoxy) is 2. The molecule has 0 atom stereocenters. The molecular weight excluding hydrogens is 240 g/mol. The summed E-state index contributed by atoms with van der Waals surface area (Å²) in [5.41, 5.74) is 2.08. The molecule has 0 N–H and O–H groups in total. The zero-order valence-corrected chi connectivity index (χ0v) is 11.7.